The van der Waals surface area contributed by atoms with Crippen molar-refractivity contribution in [2.24, 2.45) is 0 Å². The van der Waals surface area contributed by atoms with Crippen molar-refractivity contribution in [3.05, 3.63) is 24.3 Å². The Hall–Kier alpha value is -2.11. The topological polar surface area (TPSA) is 78.9 Å². The van der Waals surface area contributed by atoms with Crippen LogP contribution in [0.25, 0.3) is 0 Å². The van der Waals surface area contributed by atoms with Crippen LogP contribution < -0.4 is 0 Å². The van der Waals surface area contributed by atoms with Crippen molar-refractivity contribution in [1.29, 1.82) is 0 Å². The summed E-state index contributed by atoms with van der Waals surface area (Å²) in [6.45, 7) is 6.65. The van der Waals surface area contributed by atoms with Gasteiger partial charge in [-0.05, 0) is 51.4 Å². The van der Waals surface area contributed by atoms with Crippen LogP contribution in [-0.4, -0.2) is 37.2 Å². The normalized spacial score (nSPS) is 12.1. The number of allylic oxidation sites excluding steroid dienone is 4. The van der Waals surface area contributed by atoms with Crippen LogP contribution in [0.5, 0.6) is 0 Å². The van der Waals surface area contributed by atoms with Gasteiger partial charge in [0.1, 0.15) is 13.2 Å². The van der Waals surface area contributed by atoms with E-state index in [-0.39, 0.29) is 31.1 Å². The van der Waals surface area contributed by atoms with Crippen LogP contribution in [0.2, 0.25) is 0 Å². The van der Waals surface area contributed by atoms with Gasteiger partial charge in [0.2, 0.25) is 0 Å². The number of rotatable bonds is 52. The first kappa shape index (κ1) is 61.9. The molecule has 0 spiro atoms. The molecule has 0 saturated carbocycles. The molecule has 0 N–H and O–H groups in total. The van der Waals surface area contributed by atoms with E-state index < -0.39 is 6.10 Å². The van der Waals surface area contributed by atoms with Gasteiger partial charge in [-0.2, -0.15) is 0 Å². The first-order valence-electron chi connectivity index (χ1n) is 28.3. The fraction of sp³-hybridized carbons (Fsp3) is 0.879. The molecule has 0 radical (unpaired) electrons. The molecule has 1 atom stereocenters. The van der Waals surface area contributed by atoms with E-state index in [0.717, 1.165) is 77.0 Å². The molecule has 0 aromatic rings. The summed E-state index contributed by atoms with van der Waals surface area (Å²) < 4.78 is 16.8. The van der Waals surface area contributed by atoms with Gasteiger partial charge in [-0.25, -0.2) is 0 Å². The number of hydrogen-bond donors (Lipinski definition) is 0. The number of ether oxygens (including phenoxy) is 3. The second-order valence-corrected chi connectivity index (χ2v) is 19.2. The molecule has 6 heteroatoms. The Balaban J connectivity index is 4.30. The molecule has 6 nitrogen and oxygen atoms in total. The van der Waals surface area contributed by atoms with E-state index in [1.807, 2.05) is 0 Å². The lowest BCUT2D eigenvalue weighted by molar-refractivity contribution is -0.167. The highest BCUT2D eigenvalue weighted by atomic mass is 16.6. The van der Waals surface area contributed by atoms with E-state index in [1.54, 1.807) is 0 Å². The molecule has 0 aliphatic rings. The maximum atomic E-state index is 12.8. The van der Waals surface area contributed by atoms with Crippen LogP contribution in [0.4, 0.5) is 0 Å². The fourth-order valence-electron chi connectivity index (χ4n) is 8.42. The second-order valence-electron chi connectivity index (χ2n) is 19.2. The number of carbonyl (C=O) groups is 3. The van der Waals surface area contributed by atoms with E-state index in [0.29, 0.717) is 19.3 Å². The van der Waals surface area contributed by atoms with Gasteiger partial charge in [0.25, 0.3) is 0 Å². The Kier molecular flexibility index (Phi) is 51.7. The molecule has 0 aliphatic heterocycles. The Morgan fingerprint density at radius 2 is 0.562 bits per heavy atom. The lowest BCUT2D eigenvalue weighted by Gasteiger charge is -2.18. The van der Waals surface area contributed by atoms with Crippen LogP contribution in [0.1, 0.15) is 310 Å². The van der Waals surface area contributed by atoms with Crippen molar-refractivity contribution in [2.45, 2.75) is 316 Å². The van der Waals surface area contributed by atoms with Gasteiger partial charge in [-0.1, -0.05) is 263 Å². The zero-order valence-corrected chi connectivity index (χ0v) is 43.1. The van der Waals surface area contributed by atoms with Crippen LogP contribution in [0.15, 0.2) is 24.3 Å². The minimum Gasteiger partial charge on any atom is -0.462 e. The molecule has 0 heterocycles. The predicted octanol–water partition coefficient (Wildman–Crippen LogP) is 18.7. The van der Waals surface area contributed by atoms with Gasteiger partial charge in [-0.15, -0.1) is 0 Å². The van der Waals surface area contributed by atoms with Crippen molar-refractivity contribution in [2.75, 3.05) is 13.2 Å². The molecule has 0 saturated heterocycles. The van der Waals surface area contributed by atoms with Crippen LogP contribution >= 0.6 is 0 Å². The molecule has 64 heavy (non-hydrogen) atoms. The van der Waals surface area contributed by atoms with Gasteiger partial charge in [-0.3, -0.25) is 14.4 Å². The second kappa shape index (κ2) is 53.5. The van der Waals surface area contributed by atoms with E-state index in [1.165, 1.54) is 193 Å². The molecule has 376 valence electrons. The lowest BCUT2D eigenvalue weighted by atomic mass is 10.0. The summed E-state index contributed by atoms with van der Waals surface area (Å²) in [5, 5.41) is 0. The molecule has 0 rings (SSSR count). The van der Waals surface area contributed by atoms with Crippen molar-refractivity contribution >= 4 is 17.9 Å². The monoisotopic (exact) mass is 901 g/mol. The first-order chi connectivity index (χ1) is 31.5. The minimum absolute atomic E-state index is 0.0717. The van der Waals surface area contributed by atoms with Gasteiger partial charge in [0, 0.05) is 19.3 Å². The van der Waals surface area contributed by atoms with Crippen molar-refractivity contribution in [3.63, 3.8) is 0 Å². The molecule has 0 aromatic carbocycles. The summed E-state index contributed by atoms with van der Waals surface area (Å²) in [7, 11) is 0. The zero-order valence-electron chi connectivity index (χ0n) is 43.1. The van der Waals surface area contributed by atoms with E-state index in [9.17, 15) is 14.4 Å². The SMILES string of the molecule is CCCCCC/C=C\C/C=C\CCCCCCCC(=O)OC(COC(=O)CCCCCCCCCCCCC)COC(=O)CCCCCCCCCCCCCCCCCCCCC. The number of hydrogen-bond acceptors (Lipinski definition) is 6. The van der Waals surface area contributed by atoms with Gasteiger partial charge in [0.05, 0.1) is 0 Å². The summed E-state index contributed by atoms with van der Waals surface area (Å²) in [5.41, 5.74) is 0. The summed E-state index contributed by atoms with van der Waals surface area (Å²) >= 11 is 0. The van der Waals surface area contributed by atoms with Crippen LogP contribution in [-0.2, 0) is 28.6 Å². The van der Waals surface area contributed by atoms with E-state index >= 15 is 0 Å². The third-order valence-electron chi connectivity index (χ3n) is 12.7. The smallest absolute Gasteiger partial charge is 0.306 e. The maximum Gasteiger partial charge on any atom is 0.306 e. The number of unbranched alkanes of at least 4 members (excludes halogenated alkanes) is 37. The largest absolute Gasteiger partial charge is 0.462 e. The molecule has 0 aliphatic carbocycles. The minimum atomic E-state index is -0.773. The number of esters is 3. The van der Waals surface area contributed by atoms with Crippen molar-refractivity contribution < 1.29 is 28.6 Å². The quantitative estimate of drug-likeness (QED) is 0.0262. The highest BCUT2D eigenvalue weighted by molar-refractivity contribution is 5.71. The third kappa shape index (κ3) is 50.9. The highest BCUT2D eigenvalue weighted by Gasteiger charge is 2.19. The van der Waals surface area contributed by atoms with E-state index in [4.69, 9.17) is 14.2 Å². The molecule has 0 bridgehead atoms. The van der Waals surface area contributed by atoms with Crippen LogP contribution in [0.3, 0.4) is 0 Å². The average Bonchev–Trinajstić information content (AvgIpc) is 3.29. The van der Waals surface area contributed by atoms with Gasteiger partial charge < -0.3 is 14.2 Å². The van der Waals surface area contributed by atoms with Crippen molar-refractivity contribution in [1.82, 2.24) is 0 Å². The molecule has 0 aromatic heterocycles. The lowest BCUT2D eigenvalue weighted by Crippen LogP contribution is -2.30. The number of carbonyl (C=O) groups excluding carboxylic acids is 3. The van der Waals surface area contributed by atoms with Gasteiger partial charge >= 0.3 is 17.9 Å². The van der Waals surface area contributed by atoms with Crippen molar-refractivity contribution in [3.8, 4) is 0 Å². The summed E-state index contributed by atoms with van der Waals surface area (Å²) in [6.07, 6.45) is 61.7. The Labute approximate surface area is 398 Å². The summed E-state index contributed by atoms with van der Waals surface area (Å²) in [4.78, 5) is 38.0. The molecule has 0 fully saturated rings. The Morgan fingerprint density at radius 1 is 0.312 bits per heavy atom. The fourth-order valence-corrected chi connectivity index (χ4v) is 8.42. The maximum absolute atomic E-state index is 12.8. The molecule has 0 amide bonds. The highest BCUT2D eigenvalue weighted by Crippen LogP contribution is 2.17. The first-order valence-corrected chi connectivity index (χ1v) is 28.3. The Bertz CT molecular complexity index is 1040. The summed E-state index contributed by atoms with van der Waals surface area (Å²) in [5.74, 6) is -0.867. The van der Waals surface area contributed by atoms with E-state index in [2.05, 4.69) is 45.1 Å². The Morgan fingerprint density at radius 3 is 0.875 bits per heavy atom. The molecular formula is C58H108O6. The predicted molar refractivity (Wildman–Crippen MR) is 275 cm³/mol. The average molecular weight is 901 g/mol. The standard InChI is InChI=1S/C58H108O6/c1-4-7-10-13-16-19-22-24-26-28-29-30-32-33-36-39-42-45-48-51-57(60)63-54-55(53-62-56(59)50-47-44-41-38-35-21-18-15-12-9-6-3)64-58(61)52-49-46-43-40-37-34-31-27-25-23-20-17-14-11-8-5-2/h20,23,27,31,55H,4-19,21-22,24-26,28-30,32-54H2,1-3H3/b23-20-,31-27-. The molecule has 1 unspecified atom stereocenters. The van der Waals surface area contributed by atoms with Crippen LogP contribution in [0, 0.1) is 0 Å². The van der Waals surface area contributed by atoms with Gasteiger partial charge in [0.15, 0.2) is 6.10 Å². The summed E-state index contributed by atoms with van der Waals surface area (Å²) in [6, 6.07) is 0. The zero-order chi connectivity index (χ0) is 46.5. The molecular weight excluding hydrogens is 793 g/mol. The third-order valence-corrected chi connectivity index (χ3v) is 12.7.